The molecule has 15 heavy (non-hydrogen) atoms. The van der Waals surface area contributed by atoms with Gasteiger partial charge in [-0.05, 0) is 31.1 Å². The summed E-state index contributed by atoms with van der Waals surface area (Å²) in [4.78, 5) is 23.2. The molecule has 0 bridgehead atoms. The maximum absolute atomic E-state index is 11.6. The number of ether oxygens (including phenoxy) is 1. The van der Waals surface area contributed by atoms with Crippen LogP contribution in [-0.4, -0.2) is 11.9 Å². The lowest BCUT2D eigenvalue weighted by atomic mass is 9.62. The molecule has 2 fully saturated rings. The van der Waals surface area contributed by atoms with E-state index in [1.54, 1.807) is 0 Å². The zero-order valence-corrected chi connectivity index (χ0v) is 8.52. The van der Waals surface area contributed by atoms with E-state index >= 15 is 0 Å². The van der Waals surface area contributed by atoms with E-state index in [1.165, 1.54) is 0 Å². The van der Waals surface area contributed by atoms with Gasteiger partial charge in [0.05, 0.1) is 11.8 Å². The summed E-state index contributed by atoms with van der Waals surface area (Å²) in [5.74, 6) is -0.0125. The fraction of sp³-hybridized carbons (Fsp3) is 0.667. The molecule has 0 radical (unpaired) electrons. The molecule has 0 N–H and O–H groups in total. The molecule has 0 aromatic rings. The van der Waals surface area contributed by atoms with Crippen LogP contribution in [-0.2, 0) is 14.3 Å². The largest absolute Gasteiger partial charge is 0.392 e. The maximum atomic E-state index is 11.6. The van der Waals surface area contributed by atoms with Crippen molar-refractivity contribution in [1.29, 1.82) is 0 Å². The first-order valence-corrected chi connectivity index (χ1v) is 5.69. The number of hydrogen-bond donors (Lipinski definition) is 0. The van der Waals surface area contributed by atoms with Crippen LogP contribution in [0.4, 0.5) is 0 Å². The molecule has 1 heterocycles. The maximum Gasteiger partial charge on any atom is 0.320 e. The van der Waals surface area contributed by atoms with Gasteiger partial charge < -0.3 is 4.74 Å². The molecule has 3 nitrogen and oxygen atoms in total. The molecule has 1 aliphatic heterocycles. The Bertz CT molecular complexity index is 345. The van der Waals surface area contributed by atoms with Crippen molar-refractivity contribution in [2.45, 2.75) is 25.7 Å². The quantitative estimate of drug-likeness (QED) is 0.344. The molecule has 0 aromatic heterocycles. The summed E-state index contributed by atoms with van der Waals surface area (Å²) >= 11 is 0. The molecule has 1 saturated carbocycles. The standard InChI is InChI=1S/C12H14O3/c13-11-8-5-1-3-7-4-2-6-9(10(7)8)12(14)15-11/h1,5,7-10H,2-4,6H2/t7?,8-,9?,10?/m1/s1. The van der Waals surface area contributed by atoms with Crippen molar-refractivity contribution >= 4 is 11.9 Å². The highest BCUT2D eigenvalue weighted by Crippen LogP contribution is 2.47. The van der Waals surface area contributed by atoms with E-state index in [0.29, 0.717) is 5.92 Å². The van der Waals surface area contributed by atoms with Gasteiger partial charge in [0.1, 0.15) is 0 Å². The summed E-state index contributed by atoms with van der Waals surface area (Å²) in [6.45, 7) is 0. The number of hydrogen-bond acceptors (Lipinski definition) is 3. The van der Waals surface area contributed by atoms with Crippen LogP contribution in [0.2, 0.25) is 0 Å². The van der Waals surface area contributed by atoms with Gasteiger partial charge in [0, 0.05) is 0 Å². The van der Waals surface area contributed by atoms with Crippen LogP contribution >= 0.6 is 0 Å². The van der Waals surface area contributed by atoms with E-state index in [9.17, 15) is 9.59 Å². The second-order valence-electron chi connectivity index (χ2n) is 4.80. The monoisotopic (exact) mass is 206 g/mol. The molecule has 4 atom stereocenters. The zero-order valence-electron chi connectivity index (χ0n) is 8.52. The Morgan fingerprint density at radius 2 is 2.07 bits per heavy atom. The number of esters is 2. The third-order valence-electron chi connectivity index (χ3n) is 4.07. The Morgan fingerprint density at radius 1 is 1.20 bits per heavy atom. The van der Waals surface area contributed by atoms with Crippen LogP contribution in [0.1, 0.15) is 25.7 Å². The lowest BCUT2D eigenvalue weighted by molar-refractivity contribution is -0.178. The molecular weight excluding hydrogens is 192 g/mol. The topological polar surface area (TPSA) is 43.4 Å². The van der Waals surface area contributed by atoms with Crippen molar-refractivity contribution in [1.82, 2.24) is 0 Å². The Balaban J connectivity index is 1.99. The predicted molar refractivity (Wildman–Crippen MR) is 52.7 cm³/mol. The van der Waals surface area contributed by atoms with E-state index in [4.69, 9.17) is 4.74 Å². The van der Waals surface area contributed by atoms with E-state index in [-0.39, 0.29) is 29.7 Å². The molecule has 0 spiro atoms. The third kappa shape index (κ3) is 1.25. The van der Waals surface area contributed by atoms with Crippen molar-refractivity contribution < 1.29 is 14.3 Å². The van der Waals surface area contributed by atoms with Crippen molar-refractivity contribution in [3.8, 4) is 0 Å². The predicted octanol–water partition coefficient (Wildman–Crippen LogP) is 1.68. The average Bonchev–Trinajstić information content (AvgIpc) is 2.25. The molecule has 3 rings (SSSR count). The van der Waals surface area contributed by atoms with Crippen molar-refractivity contribution in [2.24, 2.45) is 23.7 Å². The lowest BCUT2D eigenvalue weighted by Crippen LogP contribution is -2.48. The van der Waals surface area contributed by atoms with Gasteiger partial charge in [-0.3, -0.25) is 9.59 Å². The number of carbonyl (C=O) groups excluding carboxylic acids is 2. The summed E-state index contributed by atoms with van der Waals surface area (Å²) in [5, 5.41) is 0. The van der Waals surface area contributed by atoms with Gasteiger partial charge >= 0.3 is 11.9 Å². The van der Waals surface area contributed by atoms with Gasteiger partial charge in [-0.15, -0.1) is 0 Å². The fourth-order valence-corrected chi connectivity index (χ4v) is 3.41. The SMILES string of the molecule is O=C1OC(=O)[C@@H]2C=CCC3CCCC1C32. The van der Waals surface area contributed by atoms with Gasteiger partial charge in [-0.25, -0.2) is 0 Å². The Labute approximate surface area is 88.5 Å². The second kappa shape index (κ2) is 3.19. The second-order valence-corrected chi connectivity index (χ2v) is 4.80. The van der Waals surface area contributed by atoms with Crippen LogP contribution in [0, 0.1) is 23.7 Å². The molecule has 0 amide bonds. The van der Waals surface area contributed by atoms with Crippen molar-refractivity contribution in [2.75, 3.05) is 0 Å². The normalized spacial score (nSPS) is 43.5. The lowest BCUT2D eigenvalue weighted by Gasteiger charge is -2.44. The van der Waals surface area contributed by atoms with Crippen LogP contribution in [0.5, 0.6) is 0 Å². The zero-order chi connectivity index (χ0) is 10.4. The highest BCUT2D eigenvalue weighted by molar-refractivity contribution is 5.92. The molecule has 1 saturated heterocycles. The molecular formula is C12H14O3. The number of cyclic esters (lactones) is 2. The summed E-state index contributed by atoms with van der Waals surface area (Å²) in [6.07, 6.45) is 8.19. The first-order chi connectivity index (χ1) is 7.27. The number of carbonyl (C=O) groups is 2. The molecule has 0 aromatic carbocycles. The minimum absolute atomic E-state index is 0.0172. The molecule has 80 valence electrons. The Hall–Kier alpha value is -1.12. The van der Waals surface area contributed by atoms with Gasteiger partial charge in [-0.2, -0.15) is 0 Å². The Morgan fingerprint density at radius 3 is 2.93 bits per heavy atom. The van der Waals surface area contributed by atoms with E-state index in [0.717, 1.165) is 25.7 Å². The van der Waals surface area contributed by atoms with Gasteiger partial charge in [0.15, 0.2) is 0 Å². The van der Waals surface area contributed by atoms with Crippen LogP contribution in [0.3, 0.4) is 0 Å². The first-order valence-electron chi connectivity index (χ1n) is 5.69. The summed E-state index contributed by atoms with van der Waals surface area (Å²) in [6, 6.07) is 0. The molecule has 3 unspecified atom stereocenters. The van der Waals surface area contributed by atoms with Crippen LogP contribution < -0.4 is 0 Å². The highest BCUT2D eigenvalue weighted by Gasteiger charge is 2.50. The van der Waals surface area contributed by atoms with E-state index < -0.39 is 0 Å². The van der Waals surface area contributed by atoms with Gasteiger partial charge in [-0.1, -0.05) is 18.6 Å². The summed E-state index contributed by atoms with van der Waals surface area (Å²) in [7, 11) is 0. The first kappa shape index (κ1) is 9.13. The highest BCUT2D eigenvalue weighted by atomic mass is 16.6. The molecule has 2 aliphatic carbocycles. The molecule has 3 aliphatic rings. The molecule has 3 heteroatoms. The summed E-state index contributed by atoms with van der Waals surface area (Å²) < 4.78 is 4.81. The van der Waals surface area contributed by atoms with Crippen molar-refractivity contribution in [3.63, 3.8) is 0 Å². The third-order valence-corrected chi connectivity index (χ3v) is 4.07. The fourth-order valence-electron chi connectivity index (χ4n) is 3.41. The smallest absolute Gasteiger partial charge is 0.320 e. The van der Waals surface area contributed by atoms with E-state index in [1.807, 2.05) is 6.08 Å². The Kier molecular flexibility index (Phi) is 1.94. The average molecular weight is 206 g/mol. The van der Waals surface area contributed by atoms with Crippen LogP contribution in [0.25, 0.3) is 0 Å². The number of allylic oxidation sites excluding steroid dienone is 1. The minimum Gasteiger partial charge on any atom is -0.392 e. The van der Waals surface area contributed by atoms with Crippen molar-refractivity contribution in [3.05, 3.63) is 12.2 Å². The van der Waals surface area contributed by atoms with E-state index in [2.05, 4.69) is 6.08 Å². The number of rotatable bonds is 0. The van der Waals surface area contributed by atoms with Gasteiger partial charge in [0.25, 0.3) is 0 Å². The van der Waals surface area contributed by atoms with Crippen LogP contribution in [0.15, 0.2) is 12.2 Å². The van der Waals surface area contributed by atoms with Gasteiger partial charge in [0.2, 0.25) is 0 Å². The summed E-state index contributed by atoms with van der Waals surface area (Å²) in [5.41, 5.74) is 0. The minimum atomic E-state index is -0.330.